The van der Waals surface area contributed by atoms with Gasteiger partial charge in [-0.25, -0.2) is 0 Å². The van der Waals surface area contributed by atoms with E-state index >= 15 is 0 Å². The van der Waals surface area contributed by atoms with E-state index in [-0.39, 0.29) is 12.6 Å². The molecule has 3 rings (SSSR count). The smallest absolute Gasteiger partial charge is 0.240 e. The van der Waals surface area contributed by atoms with Gasteiger partial charge < -0.3 is 9.63 Å². The molecule has 1 aliphatic rings. The fraction of sp³-hybridized carbons (Fsp3) is 0.500. The molecule has 1 N–H and O–H groups in total. The van der Waals surface area contributed by atoms with Crippen LogP contribution in [-0.4, -0.2) is 39.3 Å². The van der Waals surface area contributed by atoms with Crippen LogP contribution in [0.5, 0.6) is 0 Å². The second-order valence-corrected chi connectivity index (χ2v) is 5.75. The number of hydrogen-bond donors (Lipinski definition) is 1. The summed E-state index contributed by atoms with van der Waals surface area (Å²) in [4.78, 5) is 6.69. The molecule has 0 amide bonds. The Morgan fingerprint density at radius 2 is 2.14 bits per heavy atom. The molecule has 1 fully saturated rings. The van der Waals surface area contributed by atoms with Gasteiger partial charge in [0.1, 0.15) is 0 Å². The number of nitrogens with zero attached hydrogens (tertiary/aromatic N) is 3. The van der Waals surface area contributed by atoms with Gasteiger partial charge in [-0.05, 0) is 24.4 Å². The zero-order chi connectivity index (χ0) is 14.7. The molecular weight excluding hydrogens is 266 g/mol. The molecule has 0 spiro atoms. The van der Waals surface area contributed by atoms with Crippen LogP contribution in [0.3, 0.4) is 0 Å². The lowest BCUT2D eigenvalue weighted by Gasteiger charge is -2.23. The fourth-order valence-electron chi connectivity index (χ4n) is 2.96. The minimum absolute atomic E-state index is 0.187. The lowest BCUT2D eigenvalue weighted by atomic mass is 10.0. The van der Waals surface area contributed by atoms with Crippen LogP contribution in [0.15, 0.2) is 34.9 Å². The number of hydrogen-bond acceptors (Lipinski definition) is 5. The molecular formula is C16H21N3O2. The first-order valence-corrected chi connectivity index (χ1v) is 7.46. The van der Waals surface area contributed by atoms with Gasteiger partial charge in [0, 0.05) is 12.5 Å². The van der Waals surface area contributed by atoms with Gasteiger partial charge in [0.15, 0.2) is 5.82 Å². The Hall–Kier alpha value is -1.72. The van der Waals surface area contributed by atoms with Crippen molar-refractivity contribution >= 4 is 0 Å². The van der Waals surface area contributed by atoms with E-state index in [9.17, 15) is 5.11 Å². The van der Waals surface area contributed by atoms with E-state index in [1.807, 2.05) is 18.2 Å². The van der Waals surface area contributed by atoms with Crippen LogP contribution in [0.1, 0.15) is 30.6 Å². The summed E-state index contributed by atoms with van der Waals surface area (Å²) < 4.78 is 5.34. The number of aromatic nitrogens is 2. The molecule has 1 aromatic carbocycles. The predicted molar refractivity (Wildman–Crippen MR) is 78.6 cm³/mol. The Labute approximate surface area is 124 Å². The molecule has 0 saturated carbocycles. The van der Waals surface area contributed by atoms with Crippen molar-refractivity contribution in [1.29, 1.82) is 0 Å². The third kappa shape index (κ3) is 3.31. The van der Waals surface area contributed by atoms with Crippen molar-refractivity contribution in [3.63, 3.8) is 0 Å². The first-order chi connectivity index (χ1) is 10.3. The quantitative estimate of drug-likeness (QED) is 0.909. The van der Waals surface area contributed by atoms with Crippen molar-refractivity contribution < 1.29 is 9.63 Å². The molecule has 1 aliphatic heterocycles. The van der Waals surface area contributed by atoms with Gasteiger partial charge in [0.2, 0.25) is 5.89 Å². The monoisotopic (exact) mass is 287 g/mol. The molecule has 5 nitrogen and oxygen atoms in total. The Morgan fingerprint density at radius 3 is 2.90 bits per heavy atom. The highest BCUT2D eigenvalue weighted by atomic mass is 16.5. The molecule has 0 radical (unpaired) electrons. The molecule has 2 unspecified atom stereocenters. The van der Waals surface area contributed by atoms with Crippen molar-refractivity contribution in [2.45, 2.75) is 32.4 Å². The minimum atomic E-state index is 0.187. The van der Waals surface area contributed by atoms with Crippen LogP contribution in [0.2, 0.25) is 0 Å². The van der Waals surface area contributed by atoms with Crippen LogP contribution in [0.25, 0.3) is 0 Å². The van der Waals surface area contributed by atoms with Crippen LogP contribution < -0.4 is 0 Å². The van der Waals surface area contributed by atoms with E-state index in [1.54, 1.807) is 0 Å². The van der Waals surface area contributed by atoms with E-state index in [0.29, 0.717) is 30.6 Å². The Balaban J connectivity index is 1.63. The first kappa shape index (κ1) is 14.2. The lowest BCUT2D eigenvalue weighted by Crippen LogP contribution is -2.34. The Bertz CT molecular complexity index is 570. The fourth-order valence-corrected chi connectivity index (χ4v) is 2.96. The van der Waals surface area contributed by atoms with Crippen molar-refractivity contribution in [2.24, 2.45) is 5.92 Å². The minimum Gasteiger partial charge on any atom is -0.395 e. The summed E-state index contributed by atoms with van der Waals surface area (Å²) in [5, 5.41) is 13.5. The third-order valence-electron chi connectivity index (χ3n) is 4.24. The van der Waals surface area contributed by atoms with Gasteiger partial charge in [-0.15, -0.1) is 0 Å². The molecule has 2 aromatic rings. The highest BCUT2D eigenvalue weighted by molar-refractivity contribution is 5.18. The van der Waals surface area contributed by atoms with Crippen molar-refractivity contribution in [3.05, 3.63) is 47.6 Å². The molecule has 2 heterocycles. The van der Waals surface area contributed by atoms with Gasteiger partial charge in [-0.1, -0.05) is 42.4 Å². The topological polar surface area (TPSA) is 62.4 Å². The molecule has 112 valence electrons. The molecule has 21 heavy (non-hydrogen) atoms. The zero-order valence-electron chi connectivity index (χ0n) is 12.3. The first-order valence-electron chi connectivity index (χ1n) is 7.46. The van der Waals surface area contributed by atoms with Crippen LogP contribution in [0, 0.1) is 5.92 Å². The second-order valence-electron chi connectivity index (χ2n) is 5.75. The lowest BCUT2D eigenvalue weighted by molar-refractivity contribution is 0.123. The summed E-state index contributed by atoms with van der Waals surface area (Å²) in [6.45, 7) is 3.96. The number of aliphatic hydroxyl groups is 1. The van der Waals surface area contributed by atoms with Gasteiger partial charge in [-0.3, -0.25) is 4.90 Å². The van der Waals surface area contributed by atoms with Gasteiger partial charge in [0.25, 0.3) is 0 Å². The summed E-state index contributed by atoms with van der Waals surface area (Å²) in [5.41, 5.74) is 1.17. The van der Waals surface area contributed by atoms with Gasteiger partial charge in [0.05, 0.1) is 13.2 Å². The van der Waals surface area contributed by atoms with E-state index in [0.717, 1.165) is 13.0 Å². The van der Waals surface area contributed by atoms with E-state index in [1.165, 1.54) is 5.56 Å². The number of benzene rings is 1. The molecule has 1 aromatic heterocycles. The Kier molecular flexibility index (Phi) is 4.31. The average molecular weight is 287 g/mol. The van der Waals surface area contributed by atoms with E-state index < -0.39 is 0 Å². The highest BCUT2D eigenvalue weighted by Gasteiger charge is 2.31. The standard InChI is InChI=1S/C16H21N3O2/c1-12-7-8-19(14(12)11-20)10-16-17-15(18-21-16)9-13-5-3-2-4-6-13/h2-6,12,14,20H,7-11H2,1H3. The third-order valence-corrected chi connectivity index (χ3v) is 4.24. The Morgan fingerprint density at radius 1 is 1.33 bits per heavy atom. The van der Waals surface area contributed by atoms with Crippen molar-refractivity contribution in [1.82, 2.24) is 15.0 Å². The maximum atomic E-state index is 9.48. The zero-order valence-corrected chi connectivity index (χ0v) is 12.3. The summed E-state index contributed by atoms with van der Waals surface area (Å²) >= 11 is 0. The summed E-state index contributed by atoms with van der Waals surface area (Å²) in [5.74, 6) is 1.86. The second kappa shape index (κ2) is 6.37. The summed E-state index contributed by atoms with van der Waals surface area (Å²) in [6, 6.07) is 10.3. The number of rotatable bonds is 5. The largest absolute Gasteiger partial charge is 0.395 e. The molecule has 5 heteroatoms. The maximum Gasteiger partial charge on any atom is 0.240 e. The maximum absolute atomic E-state index is 9.48. The van der Waals surface area contributed by atoms with Crippen molar-refractivity contribution in [2.75, 3.05) is 13.2 Å². The normalized spacial score (nSPS) is 22.8. The number of likely N-dealkylation sites (tertiary alicyclic amines) is 1. The highest BCUT2D eigenvalue weighted by Crippen LogP contribution is 2.24. The van der Waals surface area contributed by atoms with Gasteiger partial charge >= 0.3 is 0 Å². The van der Waals surface area contributed by atoms with Crippen LogP contribution in [0.4, 0.5) is 0 Å². The molecule has 0 aliphatic carbocycles. The molecule has 2 atom stereocenters. The van der Waals surface area contributed by atoms with Gasteiger partial charge in [-0.2, -0.15) is 4.98 Å². The van der Waals surface area contributed by atoms with Crippen molar-refractivity contribution in [3.8, 4) is 0 Å². The molecule has 0 bridgehead atoms. The molecule has 1 saturated heterocycles. The van der Waals surface area contributed by atoms with Crippen LogP contribution in [-0.2, 0) is 13.0 Å². The SMILES string of the molecule is CC1CCN(Cc2nc(Cc3ccccc3)no2)C1CO. The predicted octanol–water partition coefficient (Wildman–Crippen LogP) is 1.86. The van der Waals surface area contributed by atoms with E-state index in [2.05, 4.69) is 34.1 Å². The average Bonchev–Trinajstić information content (AvgIpc) is 3.07. The number of aliphatic hydroxyl groups excluding tert-OH is 1. The van der Waals surface area contributed by atoms with E-state index in [4.69, 9.17) is 4.52 Å². The summed E-state index contributed by atoms with van der Waals surface area (Å²) in [7, 11) is 0. The van der Waals surface area contributed by atoms with Crippen LogP contribution >= 0.6 is 0 Å². The summed E-state index contributed by atoms with van der Waals surface area (Å²) in [6.07, 6.45) is 1.79.